The van der Waals surface area contributed by atoms with Crippen LogP contribution in [-0.2, 0) is 20.8 Å². The Bertz CT molecular complexity index is 1400. The lowest BCUT2D eigenvalue weighted by molar-refractivity contribution is -0.137. The lowest BCUT2D eigenvalue weighted by Gasteiger charge is -2.23. The van der Waals surface area contributed by atoms with Crippen LogP contribution >= 0.6 is 0 Å². The summed E-state index contributed by atoms with van der Waals surface area (Å²) >= 11 is 0. The largest absolute Gasteiger partial charge is 0.416 e. The van der Waals surface area contributed by atoms with Crippen molar-refractivity contribution in [3.8, 4) is 11.1 Å². The molecule has 0 aliphatic carbocycles. The summed E-state index contributed by atoms with van der Waals surface area (Å²) in [6.45, 7) is 3.38. The smallest absolute Gasteiger partial charge is 0.375 e. The fourth-order valence-corrected chi connectivity index (χ4v) is 4.58. The highest BCUT2D eigenvalue weighted by atomic mass is 32.2. The number of anilines is 1. The van der Waals surface area contributed by atoms with Crippen LogP contribution in [-0.4, -0.2) is 32.2 Å². The van der Waals surface area contributed by atoms with E-state index in [1.807, 2.05) is 0 Å². The van der Waals surface area contributed by atoms with Crippen LogP contribution < -0.4 is 5.32 Å². The zero-order valence-corrected chi connectivity index (χ0v) is 20.5. The Balaban J connectivity index is 1.88. The first-order valence-corrected chi connectivity index (χ1v) is 12.7. The molecule has 0 saturated heterocycles. The molecule has 2 N–H and O–H groups in total. The molecule has 0 radical (unpaired) electrons. The molecular weight excluding hydrogens is 496 g/mol. The summed E-state index contributed by atoms with van der Waals surface area (Å²) in [4.78, 5) is 13.1. The van der Waals surface area contributed by atoms with Crippen LogP contribution in [0.4, 0.5) is 23.2 Å². The van der Waals surface area contributed by atoms with Crippen LogP contribution in [0.2, 0.25) is 0 Å². The van der Waals surface area contributed by atoms with Gasteiger partial charge in [-0.25, -0.2) is 12.8 Å². The highest BCUT2D eigenvalue weighted by Crippen LogP contribution is 2.31. The van der Waals surface area contributed by atoms with E-state index in [-0.39, 0.29) is 33.2 Å². The lowest BCUT2D eigenvalue weighted by atomic mass is 9.92. The van der Waals surface area contributed by atoms with Crippen molar-refractivity contribution in [1.29, 1.82) is 5.41 Å². The van der Waals surface area contributed by atoms with Gasteiger partial charge in [0.2, 0.25) is 5.78 Å². The van der Waals surface area contributed by atoms with E-state index in [1.165, 1.54) is 36.4 Å². The molecule has 190 valence electrons. The molecule has 0 aromatic heterocycles. The Kier molecular flexibility index (Phi) is 7.68. The summed E-state index contributed by atoms with van der Waals surface area (Å²) in [5.74, 6) is -2.00. The predicted octanol–water partition coefficient (Wildman–Crippen LogP) is 5.99. The Labute approximate surface area is 206 Å². The molecule has 0 unspecified atom stereocenters. The number of carbonyl (C=O) groups excluding carboxylic acids is 1. The molecule has 0 heterocycles. The van der Waals surface area contributed by atoms with Gasteiger partial charge >= 0.3 is 6.18 Å². The standard InChI is InChI=1S/C26H24F4N2O3S/c1-15(2)24(32-18-11-9-17(10-12-18)26(28,29)30)25(33)23(31)20-13-8-16(14-21(20)27)19-6-4-5-7-22(19)36(3,34)35/h4-15,24,31-32H,1-3H3/t24-/m1/s1. The first-order valence-electron chi connectivity index (χ1n) is 10.9. The van der Waals surface area contributed by atoms with Crippen LogP contribution in [0.3, 0.4) is 0 Å². The fraction of sp³-hybridized carbons (Fsp3) is 0.231. The van der Waals surface area contributed by atoms with E-state index in [9.17, 15) is 26.4 Å². The van der Waals surface area contributed by atoms with Gasteiger partial charge in [0.15, 0.2) is 9.84 Å². The molecule has 10 heteroatoms. The first kappa shape index (κ1) is 27.1. The Morgan fingerprint density at radius 3 is 2.11 bits per heavy atom. The summed E-state index contributed by atoms with van der Waals surface area (Å²) in [6.07, 6.45) is -3.46. The second-order valence-electron chi connectivity index (χ2n) is 8.64. The molecule has 0 amide bonds. The number of rotatable bonds is 8. The summed E-state index contributed by atoms with van der Waals surface area (Å²) in [5.41, 5.74) is -0.939. The van der Waals surface area contributed by atoms with Gasteiger partial charge in [-0.2, -0.15) is 13.2 Å². The molecule has 0 bridgehead atoms. The number of carbonyl (C=O) groups is 1. The summed E-state index contributed by atoms with van der Waals surface area (Å²) in [6, 6.07) is 13.0. The average Bonchev–Trinajstić information content (AvgIpc) is 2.80. The van der Waals surface area contributed by atoms with Crippen molar-refractivity contribution < 1.29 is 30.8 Å². The number of alkyl halides is 3. The number of hydrogen-bond donors (Lipinski definition) is 2. The van der Waals surface area contributed by atoms with Gasteiger partial charge in [-0.05, 0) is 53.9 Å². The van der Waals surface area contributed by atoms with Gasteiger partial charge in [-0.3, -0.25) is 10.2 Å². The van der Waals surface area contributed by atoms with Crippen LogP contribution in [0, 0.1) is 17.1 Å². The van der Waals surface area contributed by atoms with Crippen molar-refractivity contribution in [2.24, 2.45) is 5.92 Å². The molecule has 36 heavy (non-hydrogen) atoms. The Morgan fingerprint density at radius 2 is 1.58 bits per heavy atom. The monoisotopic (exact) mass is 520 g/mol. The zero-order chi connectivity index (χ0) is 26.8. The highest BCUT2D eigenvalue weighted by molar-refractivity contribution is 7.90. The third-order valence-corrected chi connectivity index (χ3v) is 6.72. The van der Waals surface area contributed by atoms with Crippen molar-refractivity contribution in [3.63, 3.8) is 0 Å². The van der Waals surface area contributed by atoms with Crippen LogP contribution in [0.5, 0.6) is 0 Å². The molecule has 0 aliphatic rings. The second kappa shape index (κ2) is 10.2. The summed E-state index contributed by atoms with van der Waals surface area (Å²) in [5, 5.41) is 11.2. The second-order valence-corrected chi connectivity index (χ2v) is 10.6. The molecule has 1 atom stereocenters. The lowest BCUT2D eigenvalue weighted by Crippen LogP contribution is -2.39. The van der Waals surface area contributed by atoms with E-state index in [2.05, 4.69) is 5.32 Å². The molecule has 3 aromatic carbocycles. The Hall–Kier alpha value is -3.53. The van der Waals surface area contributed by atoms with E-state index < -0.39 is 44.9 Å². The predicted molar refractivity (Wildman–Crippen MR) is 130 cm³/mol. The Morgan fingerprint density at radius 1 is 0.972 bits per heavy atom. The average molecular weight is 521 g/mol. The van der Waals surface area contributed by atoms with Gasteiger partial charge in [0.1, 0.15) is 11.5 Å². The molecule has 0 saturated carbocycles. The third-order valence-electron chi connectivity index (χ3n) is 5.57. The van der Waals surface area contributed by atoms with Crippen LogP contribution in [0.1, 0.15) is 25.0 Å². The van der Waals surface area contributed by atoms with E-state index in [0.29, 0.717) is 0 Å². The molecule has 5 nitrogen and oxygen atoms in total. The van der Waals surface area contributed by atoms with E-state index in [1.54, 1.807) is 26.0 Å². The fourth-order valence-electron chi connectivity index (χ4n) is 3.67. The van der Waals surface area contributed by atoms with Crippen molar-refractivity contribution in [3.05, 3.63) is 83.7 Å². The maximum absolute atomic E-state index is 15.1. The van der Waals surface area contributed by atoms with Gasteiger partial charge in [-0.1, -0.05) is 38.1 Å². The maximum Gasteiger partial charge on any atom is 0.416 e. The summed E-state index contributed by atoms with van der Waals surface area (Å²) in [7, 11) is -3.59. The molecular formula is C26H24F4N2O3S. The van der Waals surface area contributed by atoms with Gasteiger partial charge in [0, 0.05) is 23.1 Å². The number of nitrogens with one attached hydrogen (secondary N) is 2. The number of Topliss-reactive ketones (excluding diaryl/α,β-unsaturated/α-hetero) is 1. The van der Waals surface area contributed by atoms with E-state index >= 15 is 4.39 Å². The number of sulfone groups is 1. The van der Waals surface area contributed by atoms with Gasteiger partial charge in [-0.15, -0.1) is 0 Å². The van der Waals surface area contributed by atoms with Crippen molar-refractivity contribution in [2.75, 3.05) is 11.6 Å². The molecule has 0 aliphatic heterocycles. The first-order chi connectivity index (χ1) is 16.7. The normalized spacial score (nSPS) is 12.9. The number of halogens is 4. The maximum atomic E-state index is 15.1. The molecule has 3 rings (SSSR count). The van der Waals surface area contributed by atoms with Crippen molar-refractivity contribution in [1.82, 2.24) is 0 Å². The van der Waals surface area contributed by atoms with Crippen molar-refractivity contribution >= 4 is 27.0 Å². The van der Waals surface area contributed by atoms with Crippen LogP contribution in [0.15, 0.2) is 71.6 Å². The van der Waals surface area contributed by atoms with Crippen molar-refractivity contribution in [2.45, 2.75) is 31.0 Å². The van der Waals surface area contributed by atoms with Gasteiger partial charge in [0.05, 0.1) is 16.5 Å². The van der Waals surface area contributed by atoms with E-state index in [0.717, 1.165) is 24.5 Å². The number of benzene rings is 3. The van der Waals surface area contributed by atoms with Crippen LogP contribution in [0.25, 0.3) is 11.1 Å². The summed E-state index contributed by atoms with van der Waals surface area (Å²) < 4.78 is 77.7. The van der Waals surface area contributed by atoms with Gasteiger partial charge < -0.3 is 5.32 Å². The topological polar surface area (TPSA) is 87.1 Å². The minimum Gasteiger partial charge on any atom is -0.375 e. The zero-order valence-electron chi connectivity index (χ0n) is 19.7. The number of hydrogen-bond acceptors (Lipinski definition) is 5. The number of ketones is 1. The molecule has 0 fully saturated rings. The van der Waals surface area contributed by atoms with E-state index in [4.69, 9.17) is 5.41 Å². The molecule has 0 spiro atoms. The SMILES string of the molecule is CC(C)[C@@H](Nc1ccc(C(F)(F)F)cc1)C(=O)C(=N)c1ccc(-c2ccccc2S(C)(=O)=O)cc1F. The molecule has 3 aromatic rings. The highest BCUT2D eigenvalue weighted by Gasteiger charge is 2.31. The minimum atomic E-state index is -4.50. The van der Waals surface area contributed by atoms with Gasteiger partial charge in [0.25, 0.3) is 0 Å². The minimum absolute atomic E-state index is 0.0175. The quantitative estimate of drug-likeness (QED) is 0.282. The third kappa shape index (κ3) is 5.99.